The number of hydrogen-bond acceptors (Lipinski definition) is 5. The van der Waals surface area contributed by atoms with Gasteiger partial charge in [0.15, 0.2) is 10.7 Å². The number of hydrogen-bond donors (Lipinski definition) is 4. The normalized spacial score (nSPS) is 13.7. The van der Waals surface area contributed by atoms with Crippen molar-refractivity contribution in [2.45, 2.75) is 12.5 Å². The van der Waals surface area contributed by atoms with Gasteiger partial charge in [0.05, 0.1) is 16.8 Å². The number of aliphatic carboxylic acids is 1. The zero-order valence-electron chi connectivity index (χ0n) is 10.6. The Hall–Kier alpha value is -2.19. The fourth-order valence-electron chi connectivity index (χ4n) is 1.39. The predicted octanol–water partition coefficient (Wildman–Crippen LogP) is 1.25. The van der Waals surface area contributed by atoms with Crippen LogP contribution in [-0.2, 0) is 4.79 Å². The van der Waals surface area contributed by atoms with Crippen LogP contribution in [0.15, 0.2) is 24.3 Å². The highest BCUT2D eigenvalue weighted by Crippen LogP contribution is 2.25. The van der Waals surface area contributed by atoms with Crippen molar-refractivity contribution in [1.82, 2.24) is 10.3 Å². The van der Waals surface area contributed by atoms with Crippen molar-refractivity contribution in [3.05, 3.63) is 24.3 Å². The summed E-state index contributed by atoms with van der Waals surface area (Å²) in [4.78, 5) is 26.5. The predicted molar refractivity (Wildman–Crippen MR) is 74.9 cm³/mol. The smallest absolute Gasteiger partial charge is 0.337 e. The fourth-order valence-corrected chi connectivity index (χ4v) is 2.26. The zero-order chi connectivity index (χ0) is 14.8. The van der Waals surface area contributed by atoms with Crippen molar-refractivity contribution < 1.29 is 19.8 Å². The molecular formula is C12H13N3O4S. The average molecular weight is 295 g/mol. The summed E-state index contributed by atoms with van der Waals surface area (Å²) in [6.45, 7) is 0.701. The number of rotatable bonds is 4. The number of nitrogens with one attached hydrogen (secondary N) is 2. The second kappa shape index (κ2) is 5.43. The summed E-state index contributed by atoms with van der Waals surface area (Å²) in [6.07, 6.45) is 0. The van der Waals surface area contributed by atoms with Gasteiger partial charge in [0.1, 0.15) is 0 Å². The zero-order valence-corrected chi connectivity index (χ0v) is 11.4. The maximum atomic E-state index is 11.6. The van der Waals surface area contributed by atoms with Crippen LogP contribution in [0.3, 0.4) is 0 Å². The number of fused-ring (bicyclic) bond motifs is 1. The number of aromatic nitrogens is 1. The lowest BCUT2D eigenvalue weighted by Crippen LogP contribution is -2.47. The van der Waals surface area contributed by atoms with Gasteiger partial charge in [0.25, 0.3) is 0 Å². The molecule has 2 amide bonds. The molecule has 106 valence electrons. The third-order valence-electron chi connectivity index (χ3n) is 2.57. The Morgan fingerprint density at radius 1 is 1.40 bits per heavy atom. The van der Waals surface area contributed by atoms with Gasteiger partial charge in [-0.05, 0) is 19.1 Å². The van der Waals surface area contributed by atoms with E-state index in [1.165, 1.54) is 11.3 Å². The maximum absolute atomic E-state index is 11.6. The standard InChI is InChI=1S/C12H13N3O4S/c1-12(19,9(16)17)6-13-10(18)15-11-14-7-4-2-3-5-8(7)20-11/h2-5,19H,6H2,1H3,(H,16,17)(H2,13,14,15,18). The van der Waals surface area contributed by atoms with Crippen LogP contribution in [0.2, 0.25) is 0 Å². The van der Waals surface area contributed by atoms with Gasteiger partial charge >= 0.3 is 12.0 Å². The van der Waals surface area contributed by atoms with Crippen LogP contribution >= 0.6 is 11.3 Å². The highest BCUT2D eigenvalue weighted by Gasteiger charge is 2.30. The number of carboxylic acids is 1. The van der Waals surface area contributed by atoms with Gasteiger partial charge in [-0.15, -0.1) is 0 Å². The van der Waals surface area contributed by atoms with Crippen molar-refractivity contribution in [3.63, 3.8) is 0 Å². The summed E-state index contributed by atoms with van der Waals surface area (Å²) in [5, 5.41) is 23.4. The second-order valence-electron chi connectivity index (χ2n) is 4.37. The first kappa shape index (κ1) is 14.2. The molecule has 0 aliphatic heterocycles. The van der Waals surface area contributed by atoms with Crippen LogP contribution in [0.25, 0.3) is 10.2 Å². The van der Waals surface area contributed by atoms with Gasteiger partial charge in [-0.2, -0.15) is 0 Å². The van der Waals surface area contributed by atoms with E-state index < -0.39 is 24.1 Å². The largest absolute Gasteiger partial charge is 0.479 e. The molecule has 0 aliphatic rings. The Morgan fingerprint density at radius 2 is 2.10 bits per heavy atom. The number of nitrogens with zero attached hydrogens (tertiary/aromatic N) is 1. The number of amides is 2. The number of para-hydroxylation sites is 1. The van der Waals surface area contributed by atoms with Crippen LogP contribution in [-0.4, -0.2) is 39.3 Å². The van der Waals surface area contributed by atoms with Crippen molar-refractivity contribution >= 4 is 38.7 Å². The lowest BCUT2D eigenvalue weighted by atomic mass is 10.1. The van der Waals surface area contributed by atoms with E-state index in [2.05, 4.69) is 15.6 Å². The summed E-state index contributed by atoms with van der Waals surface area (Å²) in [5.41, 5.74) is -1.24. The molecule has 2 aromatic rings. The molecule has 4 N–H and O–H groups in total. The third-order valence-corrected chi connectivity index (χ3v) is 3.52. The number of aliphatic hydroxyl groups is 1. The highest BCUT2D eigenvalue weighted by molar-refractivity contribution is 7.22. The Morgan fingerprint density at radius 3 is 2.75 bits per heavy atom. The molecule has 1 aromatic carbocycles. The first-order valence-electron chi connectivity index (χ1n) is 5.75. The molecule has 0 aliphatic carbocycles. The number of thiazole rings is 1. The summed E-state index contributed by atoms with van der Waals surface area (Å²) in [6, 6.07) is 6.80. The van der Waals surface area contributed by atoms with Crippen LogP contribution in [0.5, 0.6) is 0 Å². The number of carbonyl (C=O) groups is 2. The molecule has 1 heterocycles. The average Bonchev–Trinajstić information content (AvgIpc) is 2.78. The first-order valence-corrected chi connectivity index (χ1v) is 6.56. The van der Waals surface area contributed by atoms with E-state index in [4.69, 9.17) is 5.11 Å². The molecule has 0 spiro atoms. The van der Waals surface area contributed by atoms with E-state index in [0.29, 0.717) is 5.13 Å². The van der Waals surface area contributed by atoms with E-state index in [9.17, 15) is 14.7 Å². The molecule has 8 heteroatoms. The summed E-state index contributed by atoms with van der Waals surface area (Å²) in [7, 11) is 0. The molecule has 7 nitrogen and oxygen atoms in total. The minimum Gasteiger partial charge on any atom is -0.479 e. The van der Waals surface area contributed by atoms with Crippen LogP contribution in [0.1, 0.15) is 6.92 Å². The Labute approximate surface area is 118 Å². The maximum Gasteiger partial charge on any atom is 0.337 e. The molecule has 0 bridgehead atoms. The number of carboxylic acid groups (broad SMARTS) is 1. The first-order chi connectivity index (χ1) is 9.38. The van der Waals surface area contributed by atoms with Gasteiger partial charge < -0.3 is 15.5 Å². The summed E-state index contributed by atoms with van der Waals surface area (Å²) >= 11 is 1.30. The lowest BCUT2D eigenvalue weighted by molar-refractivity contribution is -0.155. The Kier molecular flexibility index (Phi) is 3.86. The monoisotopic (exact) mass is 295 g/mol. The minimum atomic E-state index is -2.01. The highest BCUT2D eigenvalue weighted by atomic mass is 32.1. The molecule has 20 heavy (non-hydrogen) atoms. The molecule has 2 rings (SSSR count). The van der Waals surface area contributed by atoms with Crippen molar-refractivity contribution in [1.29, 1.82) is 0 Å². The van der Waals surface area contributed by atoms with Crippen LogP contribution in [0, 0.1) is 0 Å². The number of carbonyl (C=O) groups excluding carboxylic acids is 1. The van der Waals surface area contributed by atoms with Gasteiger partial charge in [0, 0.05) is 0 Å². The minimum absolute atomic E-state index is 0.402. The molecule has 1 aromatic heterocycles. The number of anilines is 1. The molecule has 0 radical (unpaired) electrons. The van der Waals surface area contributed by atoms with Gasteiger partial charge in [0.2, 0.25) is 0 Å². The summed E-state index contributed by atoms with van der Waals surface area (Å²) in [5.74, 6) is -1.40. The number of benzene rings is 1. The SMILES string of the molecule is CC(O)(CNC(=O)Nc1nc2ccccc2s1)C(=O)O. The van der Waals surface area contributed by atoms with Crippen LogP contribution < -0.4 is 10.6 Å². The van der Waals surface area contributed by atoms with E-state index in [-0.39, 0.29) is 0 Å². The third kappa shape index (κ3) is 3.22. The second-order valence-corrected chi connectivity index (χ2v) is 5.40. The number of urea groups is 1. The van der Waals surface area contributed by atoms with E-state index in [1.54, 1.807) is 0 Å². The quantitative estimate of drug-likeness (QED) is 0.678. The molecule has 0 fully saturated rings. The van der Waals surface area contributed by atoms with E-state index >= 15 is 0 Å². The van der Waals surface area contributed by atoms with Crippen molar-refractivity contribution in [3.8, 4) is 0 Å². The molecule has 1 unspecified atom stereocenters. The Balaban J connectivity index is 1.96. The molecule has 1 atom stereocenters. The van der Waals surface area contributed by atoms with Crippen molar-refractivity contribution in [2.75, 3.05) is 11.9 Å². The van der Waals surface area contributed by atoms with Gasteiger partial charge in [-0.3, -0.25) is 5.32 Å². The fraction of sp³-hybridized carbons (Fsp3) is 0.250. The van der Waals surface area contributed by atoms with Crippen LogP contribution in [0.4, 0.5) is 9.93 Å². The van der Waals surface area contributed by atoms with E-state index in [1.807, 2.05) is 24.3 Å². The van der Waals surface area contributed by atoms with E-state index in [0.717, 1.165) is 17.1 Å². The van der Waals surface area contributed by atoms with Crippen molar-refractivity contribution in [2.24, 2.45) is 0 Å². The molecular weight excluding hydrogens is 282 g/mol. The topological polar surface area (TPSA) is 112 Å². The Bertz CT molecular complexity index is 620. The van der Waals surface area contributed by atoms with Gasteiger partial charge in [-0.1, -0.05) is 23.5 Å². The molecule has 0 saturated carbocycles. The molecule has 0 saturated heterocycles. The summed E-state index contributed by atoms with van der Waals surface area (Å²) < 4.78 is 0.931. The lowest BCUT2D eigenvalue weighted by Gasteiger charge is -2.18. The van der Waals surface area contributed by atoms with Gasteiger partial charge in [-0.25, -0.2) is 14.6 Å².